The smallest absolute Gasteiger partial charge is 0.176 e. The molecular weight excluding hydrogens is 317 g/mol. The fourth-order valence-electron chi connectivity index (χ4n) is 2.30. The Morgan fingerprint density at radius 2 is 1.30 bits per heavy atom. The van der Waals surface area contributed by atoms with Gasteiger partial charge in [0.2, 0.25) is 0 Å². The van der Waals surface area contributed by atoms with Gasteiger partial charge in [-0.05, 0) is 42.7 Å². The van der Waals surface area contributed by atoms with Crippen LogP contribution in [-0.4, -0.2) is 11.4 Å². The van der Waals surface area contributed by atoms with Crippen LogP contribution >= 0.6 is 12.6 Å². The van der Waals surface area contributed by atoms with E-state index in [0.717, 1.165) is 37.3 Å². The van der Waals surface area contributed by atoms with Crippen molar-refractivity contribution in [2.45, 2.75) is 37.1 Å². The average molecular weight is 340 g/mol. The van der Waals surface area contributed by atoms with Crippen LogP contribution in [0.2, 0.25) is 0 Å². The molecule has 0 nitrogen and oxygen atoms in total. The highest BCUT2D eigenvalue weighted by Gasteiger charge is 2.29. The molecule has 126 valence electrons. The third-order valence-electron chi connectivity index (χ3n) is 3.98. The molecule has 23 heavy (non-hydrogen) atoms. The number of rotatable bonds is 6. The van der Waals surface area contributed by atoms with Gasteiger partial charge in [0.25, 0.3) is 0 Å². The third-order valence-corrected chi connectivity index (χ3v) is 4.50. The summed E-state index contributed by atoms with van der Waals surface area (Å²) < 4.78 is 37.1. The molecule has 1 aliphatic rings. The number of hydrogen-bond acceptors (Lipinski definition) is 1. The quantitative estimate of drug-likeness (QED) is 0.421. The number of halogens is 3. The summed E-state index contributed by atoms with van der Waals surface area (Å²) in [4.78, 5) is 0. The summed E-state index contributed by atoms with van der Waals surface area (Å²) in [5.41, 5.74) is 1.07. The highest BCUT2D eigenvalue weighted by atomic mass is 32.1. The van der Waals surface area contributed by atoms with Crippen molar-refractivity contribution in [3.63, 3.8) is 0 Å². The molecule has 0 aliphatic heterocycles. The molecule has 0 radical (unpaired) electrons. The Balaban J connectivity index is 2.54. The predicted molar refractivity (Wildman–Crippen MR) is 95.6 cm³/mol. The molecule has 0 N–H and O–H groups in total. The molecule has 1 saturated carbocycles. The van der Waals surface area contributed by atoms with Crippen LogP contribution in [0.15, 0.2) is 72.9 Å². The summed E-state index contributed by atoms with van der Waals surface area (Å²) in [5, 5.41) is 0.477. The lowest BCUT2D eigenvalue weighted by Gasteiger charge is -2.26. The molecule has 0 spiro atoms. The summed E-state index contributed by atoms with van der Waals surface area (Å²) in [7, 11) is 0. The van der Waals surface area contributed by atoms with Crippen LogP contribution < -0.4 is 0 Å². The van der Waals surface area contributed by atoms with Crippen LogP contribution in [0.5, 0.6) is 0 Å². The SMILES string of the molecule is C=C(/C=C\C(=C)C1CCC(S)CC1)C(=C)/C=C\C(=C)C(F)(F)F. The number of alkyl halides is 3. The molecule has 0 aromatic heterocycles. The van der Waals surface area contributed by atoms with E-state index in [0.29, 0.717) is 22.3 Å². The van der Waals surface area contributed by atoms with E-state index >= 15 is 0 Å². The zero-order valence-electron chi connectivity index (χ0n) is 13.2. The second kappa shape index (κ2) is 8.44. The Morgan fingerprint density at radius 1 is 0.826 bits per heavy atom. The zero-order chi connectivity index (χ0) is 17.6. The van der Waals surface area contributed by atoms with E-state index in [1.165, 1.54) is 6.08 Å². The molecule has 1 rings (SSSR count). The molecule has 0 unspecified atom stereocenters. The highest BCUT2D eigenvalue weighted by molar-refractivity contribution is 7.80. The Hall–Kier alpha value is -1.42. The van der Waals surface area contributed by atoms with Crippen LogP contribution in [0, 0.1) is 5.92 Å². The predicted octanol–water partition coefficient (Wildman–Crippen LogP) is 6.37. The lowest BCUT2D eigenvalue weighted by molar-refractivity contribution is -0.0878. The molecule has 0 amide bonds. The fraction of sp³-hybridized carbons (Fsp3) is 0.368. The largest absolute Gasteiger partial charge is 0.415 e. The van der Waals surface area contributed by atoms with E-state index in [9.17, 15) is 13.2 Å². The van der Waals surface area contributed by atoms with E-state index in [1.807, 2.05) is 6.08 Å². The topological polar surface area (TPSA) is 0 Å². The van der Waals surface area contributed by atoms with E-state index in [-0.39, 0.29) is 0 Å². The van der Waals surface area contributed by atoms with Crippen molar-refractivity contribution in [3.05, 3.63) is 72.9 Å². The van der Waals surface area contributed by atoms with Crippen molar-refractivity contribution in [1.82, 2.24) is 0 Å². The van der Waals surface area contributed by atoms with Gasteiger partial charge in [-0.15, -0.1) is 0 Å². The van der Waals surface area contributed by atoms with Crippen LogP contribution in [0.1, 0.15) is 25.7 Å². The number of thiol groups is 1. The molecule has 0 aromatic carbocycles. The van der Waals surface area contributed by atoms with Gasteiger partial charge in [0.1, 0.15) is 0 Å². The lowest BCUT2D eigenvalue weighted by Crippen LogP contribution is -2.15. The van der Waals surface area contributed by atoms with E-state index in [4.69, 9.17) is 0 Å². The van der Waals surface area contributed by atoms with Crippen molar-refractivity contribution >= 4 is 12.6 Å². The minimum Gasteiger partial charge on any atom is -0.176 e. The van der Waals surface area contributed by atoms with Crippen LogP contribution in [0.4, 0.5) is 13.2 Å². The molecule has 0 aromatic rings. The molecule has 0 heterocycles. The van der Waals surface area contributed by atoms with Crippen molar-refractivity contribution < 1.29 is 13.2 Å². The summed E-state index contributed by atoms with van der Waals surface area (Å²) >= 11 is 4.47. The molecular formula is C19H23F3S. The van der Waals surface area contributed by atoms with Gasteiger partial charge >= 0.3 is 6.18 Å². The maximum absolute atomic E-state index is 12.4. The standard InChI is InChI=1S/C19H23F3S/c1-13(14(2)7-8-16(4)19(20,21)22)5-6-15(3)17-9-11-18(23)12-10-17/h5-8,17-18,23H,1-4,9-12H2/b6-5-,8-7-. The maximum atomic E-state index is 12.4. The van der Waals surface area contributed by atoms with Crippen LogP contribution in [-0.2, 0) is 0 Å². The van der Waals surface area contributed by atoms with Gasteiger partial charge < -0.3 is 0 Å². The third kappa shape index (κ3) is 6.69. The normalized spacial score (nSPS) is 22.4. The van der Waals surface area contributed by atoms with E-state index < -0.39 is 11.7 Å². The van der Waals surface area contributed by atoms with Gasteiger partial charge in [-0.2, -0.15) is 25.8 Å². The minimum absolute atomic E-state index is 0.415. The second-order valence-electron chi connectivity index (χ2n) is 5.82. The van der Waals surface area contributed by atoms with Crippen molar-refractivity contribution in [2.75, 3.05) is 0 Å². The van der Waals surface area contributed by atoms with Gasteiger partial charge in [-0.3, -0.25) is 0 Å². The maximum Gasteiger partial charge on any atom is 0.415 e. The highest BCUT2D eigenvalue weighted by Crippen LogP contribution is 2.32. The van der Waals surface area contributed by atoms with Gasteiger partial charge in [0.05, 0.1) is 0 Å². The molecule has 1 fully saturated rings. The summed E-state index contributed by atoms with van der Waals surface area (Å²) in [6, 6.07) is 0. The lowest BCUT2D eigenvalue weighted by atomic mass is 9.84. The van der Waals surface area contributed by atoms with Crippen molar-refractivity contribution in [3.8, 4) is 0 Å². The summed E-state index contributed by atoms with van der Waals surface area (Å²) in [5.74, 6) is 0.441. The number of hydrogen-bond donors (Lipinski definition) is 1. The molecule has 4 heteroatoms. The average Bonchev–Trinajstić information content (AvgIpc) is 2.49. The minimum atomic E-state index is -4.42. The van der Waals surface area contributed by atoms with Gasteiger partial charge in [0, 0.05) is 10.8 Å². The van der Waals surface area contributed by atoms with Gasteiger partial charge in [-0.1, -0.05) is 56.2 Å². The fourth-order valence-corrected chi connectivity index (χ4v) is 2.60. The molecule has 1 aliphatic carbocycles. The Kier molecular flexibility index (Phi) is 7.20. The van der Waals surface area contributed by atoms with Crippen LogP contribution in [0.25, 0.3) is 0 Å². The van der Waals surface area contributed by atoms with Crippen LogP contribution in [0.3, 0.4) is 0 Å². The van der Waals surface area contributed by atoms with Crippen molar-refractivity contribution in [1.29, 1.82) is 0 Å². The summed E-state index contributed by atoms with van der Waals surface area (Å²) in [6.45, 7) is 14.6. The molecule has 0 saturated heterocycles. The first-order valence-corrected chi connectivity index (χ1v) is 8.00. The molecule has 0 atom stereocenters. The zero-order valence-corrected chi connectivity index (χ0v) is 14.1. The Bertz CT molecular complexity index is 541. The van der Waals surface area contributed by atoms with Gasteiger partial charge in [0.15, 0.2) is 0 Å². The van der Waals surface area contributed by atoms with Gasteiger partial charge in [-0.25, -0.2) is 0 Å². The molecule has 0 bridgehead atoms. The Labute approximate surface area is 142 Å². The first-order valence-electron chi connectivity index (χ1n) is 7.48. The first kappa shape index (κ1) is 19.6. The van der Waals surface area contributed by atoms with E-state index in [2.05, 4.69) is 38.9 Å². The Morgan fingerprint density at radius 3 is 1.78 bits per heavy atom. The first-order chi connectivity index (χ1) is 10.6. The van der Waals surface area contributed by atoms with Crippen molar-refractivity contribution in [2.24, 2.45) is 5.92 Å². The number of allylic oxidation sites excluding steroid dienone is 8. The summed E-state index contributed by atoms with van der Waals surface area (Å²) in [6.07, 6.45) is 5.68. The second-order valence-corrected chi connectivity index (χ2v) is 6.55. The monoisotopic (exact) mass is 340 g/mol. The van der Waals surface area contributed by atoms with E-state index in [1.54, 1.807) is 6.08 Å².